The smallest absolute Gasteiger partial charge is 0.122 e. The minimum absolute atomic E-state index is 0. The molecule has 1 aromatic rings. The summed E-state index contributed by atoms with van der Waals surface area (Å²) < 4.78 is 11.3. The second-order valence-electron chi connectivity index (χ2n) is 6.65. The highest BCUT2D eigenvalue weighted by Crippen LogP contribution is 2.28. The molecule has 0 amide bonds. The molecule has 0 bridgehead atoms. The lowest BCUT2D eigenvalue weighted by molar-refractivity contribution is 0.273. The van der Waals surface area contributed by atoms with E-state index in [4.69, 9.17) is 9.47 Å². The quantitative estimate of drug-likeness (QED) is 0.505. The summed E-state index contributed by atoms with van der Waals surface area (Å²) in [4.78, 5) is 0. The van der Waals surface area contributed by atoms with Crippen LogP contribution in [0.15, 0.2) is 12.1 Å². The maximum Gasteiger partial charge on any atom is 0.122 e. The highest BCUT2D eigenvalue weighted by atomic mass is 35.5. The molecule has 1 unspecified atom stereocenters. The molecule has 0 aliphatic carbocycles. The van der Waals surface area contributed by atoms with E-state index in [-0.39, 0.29) is 24.8 Å². The molecule has 0 saturated carbocycles. The SMILES string of the molecule is COc1cc(C)c(OCCC(C)CCCC(C)C)cc1C.Cl.Cl. The van der Waals surface area contributed by atoms with Crippen molar-refractivity contribution in [3.63, 3.8) is 0 Å². The number of hydrogen-bond donors (Lipinski definition) is 0. The Morgan fingerprint density at radius 3 is 2.00 bits per heavy atom. The third-order valence-corrected chi connectivity index (χ3v) is 4.04. The number of hydrogen-bond acceptors (Lipinski definition) is 2. The number of halogens is 2. The number of methoxy groups -OCH3 is 1. The van der Waals surface area contributed by atoms with Gasteiger partial charge in [0.25, 0.3) is 0 Å². The van der Waals surface area contributed by atoms with Crippen LogP contribution in [-0.2, 0) is 0 Å². The average molecular weight is 365 g/mol. The van der Waals surface area contributed by atoms with Crippen molar-refractivity contribution in [3.8, 4) is 11.5 Å². The molecule has 4 heteroatoms. The molecule has 0 N–H and O–H groups in total. The van der Waals surface area contributed by atoms with Gasteiger partial charge in [0.1, 0.15) is 11.5 Å². The normalized spacial score (nSPS) is 11.4. The Bertz CT molecular complexity index is 434. The standard InChI is InChI=1S/C19H32O2.2ClH/c1-14(2)8-7-9-15(3)10-11-21-19-13-16(4)18(20-6)12-17(19)5;;/h12-15H,7-11H2,1-6H3;2*1H. The van der Waals surface area contributed by atoms with Gasteiger partial charge in [-0.25, -0.2) is 0 Å². The minimum atomic E-state index is 0. The van der Waals surface area contributed by atoms with Crippen LogP contribution in [0.4, 0.5) is 0 Å². The van der Waals surface area contributed by atoms with Gasteiger partial charge in [0.05, 0.1) is 13.7 Å². The molecule has 0 heterocycles. The van der Waals surface area contributed by atoms with Crippen LogP contribution in [0, 0.1) is 25.7 Å². The van der Waals surface area contributed by atoms with Crippen LogP contribution < -0.4 is 9.47 Å². The molecule has 0 aliphatic rings. The summed E-state index contributed by atoms with van der Waals surface area (Å²) in [7, 11) is 1.71. The van der Waals surface area contributed by atoms with Crippen LogP contribution in [0.25, 0.3) is 0 Å². The van der Waals surface area contributed by atoms with E-state index in [9.17, 15) is 0 Å². The Morgan fingerprint density at radius 1 is 0.870 bits per heavy atom. The molecule has 23 heavy (non-hydrogen) atoms. The van der Waals surface area contributed by atoms with Gasteiger partial charge in [-0.15, -0.1) is 24.8 Å². The summed E-state index contributed by atoms with van der Waals surface area (Å²) in [6.07, 6.45) is 5.10. The molecule has 136 valence electrons. The second-order valence-corrected chi connectivity index (χ2v) is 6.65. The number of aryl methyl sites for hydroxylation is 2. The van der Waals surface area contributed by atoms with Crippen LogP contribution in [0.2, 0.25) is 0 Å². The first kappa shape index (κ1) is 24.6. The highest BCUT2D eigenvalue weighted by Gasteiger charge is 2.07. The third kappa shape index (κ3) is 9.32. The monoisotopic (exact) mass is 364 g/mol. The van der Waals surface area contributed by atoms with Crippen molar-refractivity contribution in [3.05, 3.63) is 23.3 Å². The molecule has 1 rings (SSSR count). The lowest BCUT2D eigenvalue weighted by Crippen LogP contribution is -2.06. The predicted octanol–water partition coefficient (Wildman–Crippen LogP) is 6.39. The van der Waals surface area contributed by atoms with Crippen molar-refractivity contribution < 1.29 is 9.47 Å². The van der Waals surface area contributed by atoms with E-state index in [0.29, 0.717) is 0 Å². The molecule has 1 aromatic carbocycles. The zero-order chi connectivity index (χ0) is 15.8. The molecule has 0 saturated heterocycles. The van der Waals surface area contributed by atoms with Crippen LogP contribution in [0.1, 0.15) is 57.6 Å². The van der Waals surface area contributed by atoms with Crippen molar-refractivity contribution in [1.82, 2.24) is 0 Å². The van der Waals surface area contributed by atoms with Crippen molar-refractivity contribution in [2.75, 3.05) is 13.7 Å². The van der Waals surface area contributed by atoms with Crippen molar-refractivity contribution in [2.45, 2.75) is 60.3 Å². The number of benzene rings is 1. The van der Waals surface area contributed by atoms with E-state index in [0.717, 1.165) is 47.5 Å². The largest absolute Gasteiger partial charge is 0.496 e. The topological polar surface area (TPSA) is 18.5 Å². The Morgan fingerprint density at radius 2 is 1.43 bits per heavy atom. The van der Waals surface area contributed by atoms with E-state index in [2.05, 4.69) is 46.8 Å². The van der Waals surface area contributed by atoms with Crippen LogP contribution >= 0.6 is 24.8 Å². The Hall–Kier alpha value is -0.600. The molecular weight excluding hydrogens is 331 g/mol. The fraction of sp³-hybridized carbons (Fsp3) is 0.684. The zero-order valence-electron chi connectivity index (χ0n) is 15.5. The Labute approximate surface area is 155 Å². The fourth-order valence-electron chi connectivity index (χ4n) is 2.53. The second kappa shape index (κ2) is 12.8. The lowest BCUT2D eigenvalue weighted by Gasteiger charge is -2.15. The molecule has 0 spiro atoms. The summed E-state index contributed by atoms with van der Waals surface area (Å²) in [5.74, 6) is 3.48. The van der Waals surface area contributed by atoms with Crippen LogP contribution in [0.3, 0.4) is 0 Å². The van der Waals surface area contributed by atoms with Crippen LogP contribution in [-0.4, -0.2) is 13.7 Å². The summed E-state index contributed by atoms with van der Waals surface area (Å²) in [6.45, 7) is 11.8. The van der Waals surface area contributed by atoms with Gasteiger partial charge in [-0.05, 0) is 55.4 Å². The van der Waals surface area contributed by atoms with Gasteiger partial charge >= 0.3 is 0 Å². The first-order chi connectivity index (χ1) is 9.93. The number of ether oxygens (including phenoxy) is 2. The van der Waals surface area contributed by atoms with Crippen molar-refractivity contribution >= 4 is 24.8 Å². The molecule has 1 atom stereocenters. The lowest BCUT2D eigenvalue weighted by atomic mass is 9.98. The van der Waals surface area contributed by atoms with Gasteiger partial charge in [-0.3, -0.25) is 0 Å². The van der Waals surface area contributed by atoms with Gasteiger partial charge < -0.3 is 9.47 Å². The fourth-order valence-corrected chi connectivity index (χ4v) is 2.53. The summed E-state index contributed by atoms with van der Waals surface area (Å²) in [5.41, 5.74) is 2.27. The van der Waals surface area contributed by atoms with E-state index >= 15 is 0 Å². The first-order valence-electron chi connectivity index (χ1n) is 8.22. The number of rotatable bonds is 9. The molecule has 0 aliphatic heterocycles. The van der Waals surface area contributed by atoms with E-state index in [1.165, 1.54) is 19.3 Å². The molecule has 0 fully saturated rings. The van der Waals surface area contributed by atoms with Gasteiger partial charge in [-0.1, -0.05) is 40.0 Å². The highest BCUT2D eigenvalue weighted by molar-refractivity contribution is 5.85. The third-order valence-electron chi connectivity index (χ3n) is 4.04. The molecular formula is C19H34Cl2O2. The van der Waals surface area contributed by atoms with E-state index in [1.807, 2.05) is 0 Å². The molecule has 0 aromatic heterocycles. The van der Waals surface area contributed by atoms with Gasteiger partial charge in [0.15, 0.2) is 0 Å². The maximum atomic E-state index is 5.96. The minimum Gasteiger partial charge on any atom is -0.496 e. The van der Waals surface area contributed by atoms with E-state index < -0.39 is 0 Å². The van der Waals surface area contributed by atoms with Gasteiger partial charge in [0.2, 0.25) is 0 Å². The average Bonchev–Trinajstić information content (AvgIpc) is 2.41. The summed E-state index contributed by atoms with van der Waals surface area (Å²) in [5, 5.41) is 0. The zero-order valence-corrected chi connectivity index (χ0v) is 17.1. The maximum absolute atomic E-state index is 5.96. The molecule has 2 nitrogen and oxygen atoms in total. The summed E-state index contributed by atoms with van der Waals surface area (Å²) >= 11 is 0. The van der Waals surface area contributed by atoms with Crippen molar-refractivity contribution in [2.24, 2.45) is 11.8 Å². The first-order valence-corrected chi connectivity index (χ1v) is 8.22. The Balaban J connectivity index is 0. The van der Waals surface area contributed by atoms with Gasteiger partial charge in [0, 0.05) is 0 Å². The summed E-state index contributed by atoms with van der Waals surface area (Å²) in [6, 6.07) is 4.13. The Kier molecular flexibility index (Phi) is 13.7. The van der Waals surface area contributed by atoms with Crippen molar-refractivity contribution in [1.29, 1.82) is 0 Å². The van der Waals surface area contributed by atoms with E-state index in [1.54, 1.807) is 7.11 Å². The predicted molar refractivity (Wildman–Crippen MR) is 105 cm³/mol. The van der Waals surface area contributed by atoms with Gasteiger partial charge in [-0.2, -0.15) is 0 Å². The van der Waals surface area contributed by atoms with Crippen LogP contribution in [0.5, 0.6) is 11.5 Å². The molecule has 0 radical (unpaired) electrons.